The molecule has 4 bridgehead atoms. The van der Waals surface area contributed by atoms with Gasteiger partial charge in [0.1, 0.15) is 22.9 Å². The van der Waals surface area contributed by atoms with Crippen LogP contribution in [-0.2, 0) is 4.79 Å². The summed E-state index contributed by atoms with van der Waals surface area (Å²) in [6.07, 6.45) is 6.81. The Labute approximate surface area is 269 Å². The van der Waals surface area contributed by atoms with E-state index >= 15 is 8.78 Å². The molecule has 0 radical (unpaired) electrons. The minimum absolute atomic E-state index is 0.00718. The number of hydrogen-bond acceptors (Lipinski definition) is 8. The first-order valence-electron chi connectivity index (χ1n) is 16.8. The molecule has 4 unspecified atom stereocenters. The Balaban J connectivity index is 1.10. The molecule has 2 N–H and O–H groups in total. The normalized spacial score (nSPS) is 26.4. The molecule has 4 saturated heterocycles. The van der Waals surface area contributed by atoms with Crippen LogP contribution in [-0.4, -0.2) is 76.7 Å². The van der Waals surface area contributed by atoms with Crippen LogP contribution in [0.2, 0.25) is 0 Å². The number of aromatic nitrogens is 2. The number of piperazine rings is 1. The number of nitrogens with zero attached hydrogens (tertiary/aromatic N) is 4. The van der Waals surface area contributed by atoms with Crippen molar-refractivity contribution in [1.29, 1.82) is 0 Å². The molecule has 244 valence electrons. The number of anilines is 1. The topological polar surface area (TPSA) is 90.8 Å². The van der Waals surface area contributed by atoms with Crippen LogP contribution in [0.5, 0.6) is 11.8 Å². The lowest BCUT2D eigenvalue weighted by molar-refractivity contribution is -0.133. The van der Waals surface area contributed by atoms with Gasteiger partial charge in [-0.15, -0.1) is 0 Å². The summed E-state index contributed by atoms with van der Waals surface area (Å²) in [5.74, 6) is -1.96. The number of aromatic hydroxyl groups is 1. The predicted octanol–water partition coefficient (Wildman–Crippen LogP) is 5.73. The molecule has 5 heterocycles. The number of carbonyl (C=O) groups excluding carboxylic acids is 1. The van der Waals surface area contributed by atoms with Crippen molar-refractivity contribution in [1.82, 2.24) is 20.2 Å². The van der Waals surface area contributed by atoms with Crippen LogP contribution in [0.15, 0.2) is 36.4 Å². The molecule has 3 aromatic carbocycles. The van der Waals surface area contributed by atoms with E-state index in [1.54, 1.807) is 6.07 Å². The molecule has 6 aliphatic rings. The third-order valence-corrected chi connectivity index (χ3v) is 11.3. The van der Waals surface area contributed by atoms with E-state index in [-0.39, 0.29) is 50.5 Å². The largest absolute Gasteiger partial charge is 0.508 e. The Morgan fingerprint density at radius 2 is 1.74 bits per heavy atom. The van der Waals surface area contributed by atoms with E-state index in [1.165, 1.54) is 24.3 Å². The molecule has 4 aromatic rings. The third-order valence-electron chi connectivity index (χ3n) is 11.3. The second-order valence-electron chi connectivity index (χ2n) is 14.5. The van der Waals surface area contributed by atoms with Crippen LogP contribution in [0.25, 0.3) is 32.8 Å². The van der Waals surface area contributed by atoms with E-state index in [0.29, 0.717) is 61.2 Å². The maximum atomic E-state index is 16.7. The van der Waals surface area contributed by atoms with E-state index in [2.05, 4.69) is 20.1 Å². The summed E-state index contributed by atoms with van der Waals surface area (Å²) in [6.45, 7) is 3.49. The van der Waals surface area contributed by atoms with E-state index in [1.807, 2.05) is 0 Å². The number of rotatable bonds is 7. The third kappa shape index (κ3) is 5.01. The van der Waals surface area contributed by atoms with Crippen molar-refractivity contribution in [3.05, 3.63) is 53.8 Å². The molecule has 4 aliphatic heterocycles. The SMILES string of the molecule is O=C1CC2CCC1CN2CC1(COc2nc(N3CC4CCC(C3)N4)c3ccc(-c4cc(O)cc5ccc(F)c(F)c45)c(F)c3n2)CC1. The lowest BCUT2D eigenvalue weighted by atomic mass is 9.78. The molecule has 4 atom stereocenters. The highest BCUT2D eigenvalue weighted by Crippen LogP contribution is 2.49. The number of hydrogen-bond donors (Lipinski definition) is 2. The summed E-state index contributed by atoms with van der Waals surface area (Å²) in [6, 6.07) is 9.17. The minimum Gasteiger partial charge on any atom is -0.508 e. The van der Waals surface area contributed by atoms with Crippen molar-refractivity contribution >= 4 is 33.3 Å². The van der Waals surface area contributed by atoms with Gasteiger partial charge in [-0.2, -0.15) is 9.97 Å². The van der Waals surface area contributed by atoms with Crippen molar-refractivity contribution in [3.8, 4) is 22.9 Å². The smallest absolute Gasteiger partial charge is 0.319 e. The van der Waals surface area contributed by atoms with Gasteiger partial charge in [-0.25, -0.2) is 13.2 Å². The fourth-order valence-electron chi connectivity index (χ4n) is 8.56. The fourth-order valence-corrected chi connectivity index (χ4v) is 8.56. The highest BCUT2D eigenvalue weighted by Gasteiger charge is 2.49. The number of Topliss-reactive ketones (excluding diaryl/α,β-unsaturated/α-hetero) is 1. The summed E-state index contributed by atoms with van der Waals surface area (Å²) in [4.78, 5) is 26.4. The molecular weight excluding hydrogens is 607 g/mol. The van der Waals surface area contributed by atoms with Crippen molar-refractivity contribution in [3.63, 3.8) is 0 Å². The molecule has 2 saturated carbocycles. The van der Waals surface area contributed by atoms with Crippen LogP contribution >= 0.6 is 0 Å². The standard InChI is InChI=1S/C36H36F3N5O3/c37-28-8-2-19-11-24(45)13-27(30(19)32(28)39)25-6-7-26-33(31(25)38)41-35(42-34(26)43-15-21-3-4-22(16-43)40-21)47-18-36(9-10-36)17-44-14-20-1-5-23(44)12-29(20)46/h2,6-8,11,13,20-23,40,45H,1,3-5,9-10,12,14-18H2. The Hall–Kier alpha value is -3.96. The van der Waals surface area contributed by atoms with Gasteiger partial charge in [0.05, 0.1) is 6.61 Å². The van der Waals surface area contributed by atoms with Crippen LogP contribution in [0.4, 0.5) is 19.0 Å². The van der Waals surface area contributed by atoms with E-state index in [4.69, 9.17) is 9.72 Å². The molecule has 1 aromatic heterocycles. The first-order valence-corrected chi connectivity index (χ1v) is 16.8. The zero-order chi connectivity index (χ0) is 32.0. The Morgan fingerprint density at radius 3 is 2.47 bits per heavy atom. The molecule has 11 heteroatoms. The summed E-state index contributed by atoms with van der Waals surface area (Å²) < 4.78 is 52.6. The van der Waals surface area contributed by atoms with Crippen LogP contribution < -0.4 is 15.0 Å². The fraction of sp³-hybridized carbons (Fsp3) is 0.472. The second-order valence-corrected chi connectivity index (χ2v) is 14.5. The monoisotopic (exact) mass is 643 g/mol. The van der Waals surface area contributed by atoms with Crippen molar-refractivity contribution in [2.75, 3.05) is 37.7 Å². The van der Waals surface area contributed by atoms with Gasteiger partial charge in [0, 0.05) is 78.4 Å². The van der Waals surface area contributed by atoms with Gasteiger partial charge in [0.2, 0.25) is 0 Å². The van der Waals surface area contributed by atoms with E-state index < -0.39 is 17.5 Å². The minimum atomic E-state index is -1.11. The maximum absolute atomic E-state index is 16.7. The Morgan fingerprint density at radius 1 is 0.936 bits per heavy atom. The highest BCUT2D eigenvalue weighted by atomic mass is 19.2. The molecule has 8 nitrogen and oxygen atoms in total. The second kappa shape index (κ2) is 10.8. The summed E-state index contributed by atoms with van der Waals surface area (Å²) in [5, 5.41) is 14.7. The van der Waals surface area contributed by atoms with Gasteiger partial charge in [-0.3, -0.25) is 9.69 Å². The van der Waals surface area contributed by atoms with Crippen molar-refractivity contribution in [2.45, 2.75) is 63.1 Å². The molecular formula is C36H36F3N5O3. The predicted molar refractivity (Wildman–Crippen MR) is 171 cm³/mol. The zero-order valence-electron chi connectivity index (χ0n) is 25.9. The number of carbonyl (C=O) groups is 1. The number of fused-ring (bicyclic) bond motifs is 7. The van der Waals surface area contributed by atoms with Crippen molar-refractivity contribution < 1.29 is 27.8 Å². The number of nitrogens with one attached hydrogen (secondary N) is 1. The quantitative estimate of drug-likeness (QED) is 0.264. The summed E-state index contributed by atoms with van der Waals surface area (Å²) >= 11 is 0. The zero-order valence-corrected chi connectivity index (χ0v) is 25.9. The summed E-state index contributed by atoms with van der Waals surface area (Å²) in [7, 11) is 0. The Kier molecular flexibility index (Phi) is 6.70. The number of piperidine rings is 2. The highest BCUT2D eigenvalue weighted by molar-refractivity contribution is 6.01. The van der Waals surface area contributed by atoms with Gasteiger partial charge in [0.25, 0.3) is 0 Å². The number of halogens is 3. The average Bonchev–Trinajstić information content (AvgIpc) is 3.75. The molecule has 47 heavy (non-hydrogen) atoms. The van der Waals surface area contributed by atoms with Gasteiger partial charge in [-0.05, 0) is 73.7 Å². The number of phenolic OH excluding ortho intramolecular Hbond substituents is 1. The van der Waals surface area contributed by atoms with Crippen LogP contribution in [0.3, 0.4) is 0 Å². The first kappa shape index (κ1) is 29.2. The van der Waals surface area contributed by atoms with Gasteiger partial charge < -0.3 is 20.1 Å². The first-order chi connectivity index (χ1) is 22.7. The molecule has 6 fully saturated rings. The van der Waals surface area contributed by atoms with Crippen LogP contribution in [0.1, 0.15) is 44.9 Å². The molecule has 10 rings (SSSR count). The number of phenols is 1. The van der Waals surface area contributed by atoms with Gasteiger partial charge >= 0.3 is 6.01 Å². The van der Waals surface area contributed by atoms with E-state index in [0.717, 1.165) is 57.7 Å². The van der Waals surface area contributed by atoms with E-state index in [9.17, 15) is 14.3 Å². The molecule has 0 spiro atoms. The number of benzene rings is 3. The molecule has 0 amide bonds. The maximum Gasteiger partial charge on any atom is 0.319 e. The van der Waals surface area contributed by atoms with Crippen molar-refractivity contribution in [2.24, 2.45) is 11.3 Å². The number of ether oxygens (including phenoxy) is 1. The van der Waals surface area contributed by atoms with Crippen LogP contribution in [0, 0.1) is 28.8 Å². The summed E-state index contributed by atoms with van der Waals surface area (Å²) in [5.41, 5.74) is -0.00793. The number of ketones is 1. The van der Waals surface area contributed by atoms with Gasteiger partial charge in [-0.1, -0.05) is 12.1 Å². The lowest BCUT2D eigenvalue weighted by Crippen LogP contribution is -2.54. The lowest BCUT2D eigenvalue weighted by Gasteiger charge is -2.45. The Bertz CT molecular complexity index is 1940. The molecule has 2 aliphatic carbocycles. The van der Waals surface area contributed by atoms with Gasteiger partial charge in [0.15, 0.2) is 17.5 Å². The average molecular weight is 644 g/mol.